The highest BCUT2D eigenvalue weighted by Gasteiger charge is 2.31. The zero-order valence-electron chi connectivity index (χ0n) is 33.7. The van der Waals surface area contributed by atoms with Crippen molar-refractivity contribution in [1.29, 1.82) is 5.41 Å². The van der Waals surface area contributed by atoms with Crippen LogP contribution in [-0.2, 0) is 25.7 Å². The summed E-state index contributed by atoms with van der Waals surface area (Å²) in [7, 11) is 0. The second-order valence-corrected chi connectivity index (χ2v) is 14.8. The fourth-order valence-corrected chi connectivity index (χ4v) is 6.06. The van der Waals surface area contributed by atoms with Crippen LogP contribution in [0.5, 0.6) is 0 Å². The van der Waals surface area contributed by atoms with Crippen molar-refractivity contribution in [2.45, 2.75) is 161 Å². The summed E-state index contributed by atoms with van der Waals surface area (Å²) in [6.45, 7) is 7.00. The Hall–Kier alpha value is -3.35. The highest BCUT2D eigenvalue weighted by Crippen LogP contribution is 2.13. The van der Waals surface area contributed by atoms with E-state index in [0.717, 1.165) is 24.8 Å². The average Bonchev–Trinajstić information content (AvgIpc) is 3.14. The minimum absolute atomic E-state index is 0.0457. The first-order valence-electron chi connectivity index (χ1n) is 20.3. The van der Waals surface area contributed by atoms with E-state index >= 15 is 0 Å². The summed E-state index contributed by atoms with van der Waals surface area (Å²) in [6.07, 6.45) is 12.8. The summed E-state index contributed by atoms with van der Waals surface area (Å²) >= 11 is 0. The van der Waals surface area contributed by atoms with Gasteiger partial charge in [-0.15, -0.1) is 0 Å². The Morgan fingerprint density at radius 3 is 1.67 bits per heavy atom. The maximum absolute atomic E-state index is 13.7. The smallest absolute Gasteiger partial charge is 0.239 e. The van der Waals surface area contributed by atoms with Gasteiger partial charge >= 0.3 is 0 Å². The molecule has 0 saturated carbocycles. The average molecular weight is 775 g/mol. The molecular weight excluding hydrogens is 701 g/mol. The van der Waals surface area contributed by atoms with Gasteiger partial charge in [-0.3, -0.25) is 35.2 Å². The summed E-state index contributed by atoms with van der Waals surface area (Å²) < 4.78 is 0. The molecule has 55 heavy (non-hydrogen) atoms. The largest absolute Gasteiger partial charge is 0.384 e. The van der Waals surface area contributed by atoms with E-state index in [4.69, 9.17) is 34.1 Å². The number of unbranched alkanes of at least 4 members (excludes halogenated alkanes) is 10. The van der Waals surface area contributed by atoms with Crippen LogP contribution in [0.2, 0.25) is 0 Å². The van der Waals surface area contributed by atoms with Crippen molar-refractivity contribution in [3.05, 3.63) is 35.4 Å². The lowest BCUT2D eigenvalue weighted by atomic mass is 9.97. The molecule has 16 heteroatoms. The number of amidine groups is 1. The van der Waals surface area contributed by atoms with Crippen molar-refractivity contribution in [2.24, 2.45) is 34.6 Å². The second kappa shape index (κ2) is 29.9. The molecule has 1 aromatic carbocycles. The van der Waals surface area contributed by atoms with Crippen LogP contribution < -0.4 is 60.8 Å². The van der Waals surface area contributed by atoms with E-state index in [-0.39, 0.29) is 37.0 Å². The summed E-state index contributed by atoms with van der Waals surface area (Å²) in [5.74, 6) is -2.20. The van der Waals surface area contributed by atoms with Crippen LogP contribution in [0.3, 0.4) is 0 Å². The molecule has 0 aromatic heterocycles. The lowest BCUT2D eigenvalue weighted by Crippen LogP contribution is -2.60. The van der Waals surface area contributed by atoms with E-state index < -0.39 is 48.2 Å². The molecule has 0 unspecified atom stereocenters. The molecule has 2 amide bonds. The highest BCUT2D eigenvalue weighted by molar-refractivity contribution is 6.39. The van der Waals surface area contributed by atoms with Gasteiger partial charge in [-0.2, -0.15) is 0 Å². The molecule has 0 aliphatic carbocycles. The van der Waals surface area contributed by atoms with Gasteiger partial charge < -0.3 is 39.3 Å². The Bertz CT molecular complexity index is 1250. The summed E-state index contributed by atoms with van der Waals surface area (Å²) in [5.41, 5.74) is 35.4. The Morgan fingerprint density at radius 2 is 1.18 bits per heavy atom. The third kappa shape index (κ3) is 23.4. The van der Waals surface area contributed by atoms with Gasteiger partial charge in [0.1, 0.15) is 24.5 Å². The zero-order chi connectivity index (χ0) is 41.0. The predicted molar refractivity (Wildman–Crippen MR) is 220 cm³/mol. The van der Waals surface area contributed by atoms with Crippen molar-refractivity contribution < 1.29 is 19.2 Å². The van der Waals surface area contributed by atoms with Gasteiger partial charge in [0.15, 0.2) is 0 Å². The zero-order valence-corrected chi connectivity index (χ0v) is 33.7. The van der Waals surface area contributed by atoms with E-state index in [9.17, 15) is 19.2 Å². The lowest BCUT2D eigenvalue weighted by Gasteiger charge is -2.28. The van der Waals surface area contributed by atoms with Crippen molar-refractivity contribution in [3.8, 4) is 0 Å². The van der Waals surface area contributed by atoms with Crippen LogP contribution in [0.1, 0.15) is 135 Å². The highest BCUT2D eigenvalue weighted by atomic mass is 16.2. The van der Waals surface area contributed by atoms with E-state index in [1.807, 2.05) is 13.8 Å². The molecule has 0 saturated heterocycles. The van der Waals surface area contributed by atoms with E-state index in [0.29, 0.717) is 44.3 Å². The van der Waals surface area contributed by atoms with Crippen molar-refractivity contribution in [1.82, 2.24) is 32.1 Å². The molecule has 0 aliphatic heterocycles. The molecule has 0 spiro atoms. The van der Waals surface area contributed by atoms with Crippen molar-refractivity contribution in [2.75, 3.05) is 13.1 Å². The summed E-state index contributed by atoms with van der Waals surface area (Å²) in [6, 6.07) is 4.36. The van der Waals surface area contributed by atoms with Crippen molar-refractivity contribution >= 4 is 29.2 Å². The molecule has 0 fully saturated rings. The van der Waals surface area contributed by atoms with Gasteiger partial charge in [0.25, 0.3) is 0 Å². The molecule has 16 nitrogen and oxygen atoms in total. The van der Waals surface area contributed by atoms with Crippen LogP contribution in [-0.4, -0.2) is 73.0 Å². The van der Waals surface area contributed by atoms with E-state index in [1.54, 1.807) is 24.3 Å². The van der Waals surface area contributed by atoms with Gasteiger partial charge in [0, 0.05) is 18.5 Å². The van der Waals surface area contributed by atoms with E-state index in [2.05, 4.69) is 39.0 Å². The standard InChI is InChI=1S/C39H74N12O4/c1-4-5-6-7-8-9-10-11-12-13-14-19-32(52)34(53)30(17-15-24-46-38(42)43)49-37(55)33(27(2)3)51-50-31(18-16-25-47-39(44)45)36(54)48-26-28-20-22-29(23-21-28)35(40)41/h20-23,27,30-31,33,38-39,46-47,50-51H,4-19,24-26,42-45H2,1-3H3,(H3,40,41)(H,48,54)(H,49,55)/t30-,31-,33-/m0/s1. The first-order chi connectivity index (χ1) is 26.3. The Kier molecular flexibility index (Phi) is 27.0. The number of rotatable bonds is 34. The molecule has 3 atom stereocenters. The molecule has 314 valence electrons. The number of Topliss-reactive ketones (excluding diaryl/α,β-unsaturated/α-hetero) is 2. The maximum atomic E-state index is 13.7. The molecule has 1 rings (SSSR count). The van der Waals surface area contributed by atoms with E-state index in [1.165, 1.54) is 44.9 Å². The van der Waals surface area contributed by atoms with Gasteiger partial charge in [-0.05, 0) is 56.7 Å². The van der Waals surface area contributed by atoms with Crippen LogP contribution >= 0.6 is 0 Å². The molecule has 0 bridgehead atoms. The summed E-state index contributed by atoms with van der Waals surface area (Å²) in [5, 5.41) is 19.1. The number of nitrogens with one attached hydrogen (secondary N) is 7. The number of carbonyl (C=O) groups excluding carboxylic acids is 4. The van der Waals surface area contributed by atoms with Gasteiger partial charge in [-0.25, -0.2) is 10.9 Å². The van der Waals surface area contributed by atoms with Crippen LogP contribution in [0.15, 0.2) is 24.3 Å². The van der Waals surface area contributed by atoms with Gasteiger partial charge in [0.05, 0.1) is 12.1 Å². The van der Waals surface area contributed by atoms with Crippen LogP contribution in [0.4, 0.5) is 0 Å². The number of ketones is 2. The third-order valence-corrected chi connectivity index (χ3v) is 9.42. The normalized spacial score (nSPS) is 13.2. The molecular formula is C39H74N12O4. The topological polar surface area (TPSA) is 294 Å². The summed E-state index contributed by atoms with van der Waals surface area (Å²) in [4.78, 5) is 53.6. The number of carbonyl (C=O) groups is 4. The van der Waals surface area contributed by atoms with Crippen LogP contribution in [0, 0.1) is 11.3 Å². The number of hydrogen-bond donors (Lipinski definition) is 12. The quantitative estimate of drug-likeness (QED) is 0.0118. The first kappa shape index (κ1) is 49.7. The number of benzene rings is 1. The minimum atomic E-state index is -1.02. The Morgan fingerprint density at radius 1 is 0.673 bits per heavy atom. The number of nitrogen functional groups attached to an aromatic ring is 1. The Labute approximate surface area is 329 Å². The number of nitrogens with two attached hydrogens (primary N) is 5. The molecule has 0 radical (unpaired) electrons. The SMILES string of the molecule is CCCCCCCCCCCCCC(=O)C(=O)[C@H](CCCNC(N)N)NC(=O)[C@@H](NN[C@@H](CCCNC(N)N)C(=O)NCc1ccc(C(=N)N)cc1)C(C)C. The Balaban J connectivity index is 2.87. The number of amides is 2. The third-order valence-electron chi connectivity index (χ3n) is 9.42. The van der Waals surface area contributed by atoms with Crippen molar-refractivity contribution in [3.63, 3.8) is 0 Å². The molecule has 0 heterocycles. The van der Waals surface area contributed by atoms with Crippen LogP contribution in [0.25, 0.3) is 0 Å². The minimum Gasteiger partial charge on any atom is -0.384 e. The fourth-order valence-electron chi connectivity index (χ4n) is 6.06. The van der Waals surface area contributed by atoms with Gasteiger partial charge in [0.2, 0.25) is 23.4 Å². The number of hydrazine groups is 1. The molecule has 0 aliphatic rings. The second-order valence-electron chi connectivity index (χ2n) is 14.8. The molecule has 17 N–H and O–H groups in total. The first-order valence-corrected chi connectivity index (χ1v) is 20.3. The number of hydrogen-bond acceptors (Lipinski definition) is 13. The predicted octanol–water partition coefficient (Wildman–Crippen LogP) is 1.54. The molecule has 1 aromatic rings. The lowest BCUT2D eigenvalue weighted by molar-refractivity contribution is -0.139. The monoisotopic (exact) mass is 775 g/mol. The van der Waals surface area contributed by atoms with Gasteiger partial charge in [-0.1, -0.05) is 109 Å². The maximum Gasteiger partial charge on any atom is 0.239 e. The fraction of sp³-hybridized carbons (Fsp3) is 0.718.